The third kappa shape index (κ3) is 1.92. The molecule has 5 heteroatoms. The quantitative estimate of drug-likeness (QED) is 0.715. The highest BCUT2D eigenvalue weighted by atomic mass is 32.1. The highest BCUT2D eigenvalue weighted by molar-refractivity contribution is 7.22. The van der Waals surface area contributed by atoms with Crippen LogP contribution in [0.1, 0.15) is 11.1 Å². The Kier molecular flexibility index (Phi) is 2.64. The molecule has 0 spiro atoms. The first-order valence-corrected chi connectivity index (χ1v) is 6.74. The van der Waals surface area contributed by atoms with E-state index in [1.54, 1.807) is 0 Å². The van der Waals surface area contributed by atoms with Crippen LogP contribution in [0.2, 0.25) is 0 Å². The van der Waals surface area contributed by atoms with Gasteiger partial charge in [0.05, 0.1) is 5.39 Å². The summed E-state index contributed by atoms with van der Waals surface area (Å²) in [6.07, 6.45) is 0. The first-order chi connectivity index (χ1) is 9.06. The number of benzene rings is 1. The molecule has 0 bridgehead atoms. The molecule has 1 aromatic carbocycles. The van der Waals surface area contributed by atoms with Crippen molar-refractivity contribution in [2.75, 3.05) is 5.73 Å². The van der Waals surface area contributed by atoms with Crippen molar-refractivity contribution in [2.45, 2.75) is 13.8 Å². The standard InChI is InChI=1S/C14H13N3OS/c1-7-4-3-5-9(6-7)11-8(2)10-12(18)16-14(15)17-13(10)19-11/h3-6H,1-2H3,(H3,15,16,17,18). The lowest BCUT2D eigenvalue weighted by Gasteiger charge is -2.00. The zero-order chi connectivity index (χ0) is 13.6. The molecule has 4 nitrogen and oxygen atoms in total. The monoisotopic (exact) mass is 271 g/mol. The summed E-state index contributed by atoms with van der Waals surface area (Å²) >= 11 is 1.50. The molecule has 0 amide bonds. The number of nitrogens with zero attached hydrogens (tertiary/aromatic N) is 1. The maximum Gasteiger partial charge on any atom is 0.261 e. The highest BCUT2D eigenvalue weighted by Crippen LogP contribution is 2.35. The zero-order valence-corrected chi connectivity index (χ0v) is 11.5. The number of aryl methyl sites for hydroxylation is 2. The van der Waals surface area contributed by atoms with Crippen LogP contribution in [0.5, 0.6) is 0 Å². The first kappa shape index (κ1) is 11.9. The van der Waals surface area contributed by atoms with Crippen LogP contribution in [0.25, 0.3) is 20.7 Å². The second-order valence-electron chi connectivity index (χ2n) is 4.56. The number of H-pyrrole nitrogens is 1. The van der Waals surface area contributed by atoms with Gasteiger partial charge in [0.1, 0.15) is 4.83 Å². The average Bonchev–Trinajstić information content (AvgIpc) is 2.66. The molecule has 0 aliphatic carbocycles. The number of nitrogen functional groups attached to an aromatic ring is 1. The van der Waals surface area contributed by atoms with E-state index < -0.39 is 0 Å². The summed E-state index contributed by atoms with van der Waals surface area (Å²) in [6.45, 7) is 4.00. The van der Waals surface area contributed by atoms with E-state index in [0.29, 0.717) is 10.2 Å². The normalized spacial score (nSPS) is 11.1. The summed E-state index contributed by atoms with van der Waals surface area (Å²) in [5.41, 5.74) is 8.67. The number of fused-ring (bicyclic) bond motifs is 1. The lowest BCUT2D eigenvalue weighted by atomic mass is 10.1. The van der Waals surface area contributed by atoms with E-state index in [4.69, 9.17) is 5.73 Å². The molecule has 96 valence electrons. The van der Waals surface area contributed by atoms with E-state index in [1.807, 2.05) is 19.1 Å². The number of rotatable bonds is 1. The van der Waals surface area contributed by atoms with Gasteiger partial charge in [-0.3, -0.25) is 9.78 Å². The molecule has 3 N–H and O–H groups in total. The molecule has 2 heterocycles. The molecule has 0 unspecified atom stereocenters. The third-order valence-electron chi connectivity index (χ3n) is 3.10. The Balaban J connectivity index is 2.35. The van der Waals surface area contributed by atoms with Gasteiger partial charge in [-0.15, -0.1) is 11.3 Å². The maximum atomic E-state index is 12.0. The molecule has 0 fully saturated rings. The number of aromatic amines is 1. The van der Waals surface area contributed by atoms with Crippen molar-refractivity contribution in [1.82, 2.24) is 9.97 Å². The third-order valence-corrected chi connectivity index (χ3v) is 4.33. The molecular formula is C14H13N3OS. The van der Waals surface area contributed by atoms with Gasteiger partial charge in [-0.1, -0.05) is 29.8 Å². The number of hydrogen-bond donors (Lipinski definition) is 2. The van der Waals surface area contributed by atoms with Gasteiger partial charge < -0.3 is 5.73 Å². The summed E-state index contributed by atoms with van der Waals surface area (Å²) < 4.78 is 0. The Labute approximate surface area is 113 Å². The molecule has 19 heavy (non-hydrogen) atoms. The molecule has 0 saturated carbocycles. The van der Waals surface area contributed by atoms with Crippen LogP contribution in [0, 0.1) is 13.8 Å². The minimum absolute atomic E-state index is 0.162. The average molecular weight is 271 g/mol. The predicted molar refractivity (Wildman–Crippen MR) is 79.6 cm³/mol. The van der Waals surface area contributed by atoms with E-state index in [-0.39, 0.29) is 11.5 Å². The zero-order valence-electron chi connectivity index (χ0n) is 10.7. The Hall–Kier alpha value is -2.14. The summed E-state index contributed by atoms with van der Waals surface area (Å²) in [4.78, 5) is 20.5. The minimum Gasteiger partial charge on any atom is -0.369 e. The summed E-state index contributed by atoms with van der Waals surface area (Å²) in [5.74, 6) is 0.162. The van der Waals surface area contributed by atoms with Crippen LogP contribution in [0.4, 0.5) is 5.95 Å². The van der Waals surface area contributed by atoms with E-state index in [1.165, 1.54) is 16.9 Å². The van der Waals surface area contributed by atoms with Gasteiger partial charge in [0.25, 0.3) is 5.56 Å². The van der Waals surface area contributed by atoms with Gasteiger partial charge >= 0.3 is 0 Å². The second-order valence-corrected chi connectivity index (χ2v) is 5.56. The van der Waals surface area contributed by atoms with Crippen molar-refractivity contribution in [3.63, 3.8) is 0 Å². The molecule has 0 aliphatic rings. The molecule has 0 radical (unpaired) electrons. The predicted octanol–water partition coefficient (Wildman–Crippen LogP) is 2.85. The van der Waals surface area contributed by atoms with Crippen LogP contribution in [0.15, 0.2) is 29.1 Å². The minimum atomic E-state index is -0.171. The first-order valence-electron chi connectivity index (χ1n) is 5.92. The van der Waals surface area contributed by atoms with Crippen molar-refractivity contribution in [3.05, 3.63) is 45.7 Å². The fourth-order valence-electron chi connectivity index (χ4n) is 2.22. The summed E-state index contributed by atoms with van der Waals surface area (Å²) in [5, 5.41) is 0.635. The Bertz CT molecular complexity index is 832. The maximum absolute atomic E-state index is 12.0. The molecule has 3 rings (SSSR count). The molecule has 0 atom stereocenters. The van der Waals surface area contributed by atoms with Crippen molar-refractivity contribution in [2.24, 2.45) is 0 Å². The number of hydrogen-bond acceptors (Lipinski definition) is 4. The van der Waals surface area contributed by atoms with Crippen molar-refractivity contribution >= 4 is 27.5 Å². The number of nitrogens with two attached hydrogens (primary N) is 1. The van der Waals surface area contributed by atoms with Crippen molar-refractivity contribution in [3.8, 4) is 10.4 Å². The SMILES string of the molecule is Cc1cccc(-c2sc3nc(N)[nH]c(=O)c3c2C)c1. The molecule has 2 aromatic heterocycles. The Morgan fingerprint density at radius 2 is 2.11 bits per heavy atom. The Morgan fingerprint density at radius 1 is 1.32 bits per heavy atom. The van der Waals surface area contributed by atoms with Crippen LogP contribution < -0.4 is 11.3 Å². The van der Waals surface area contributed by atoms with Gasteiger partial charge in [-0.25, -0.2) is 4.98 Å². The molecular weight excluding hydrogens is 258 g/mol. The number of anilines is 1. The highest BCUT2D eigenvalue weighted by Gasteiger charge is 2.14. The lowest BCUT2D eigenvalue weighted by molar-refractivity contribution is 1.19. The van der Waals surface area contributed by atoms with E-state index in [9.17, 15) is 4.79 Å². The van der Waals surface area contributed by atoms with E-state index >= 15 is 0 Å². The van der Waals surface area contributed by atoms with Crippen LogP contribution >= 0.6 is 11.3 Å². The van der Waals surface area contributed by atoms with Gasteiger partial charge in [0.2, 0.25) is 5.95 Å². The van der Waals surface area contributed by atoms with Crippen LogP contribution in [-0.4, -0.2) is 9.97 Å². The van der Waals surface area contributed by atoms with Gasteiger partial charge in [0.15, 0.2) is 0 Å². The molecule has 0 aliphatic heterocycles. The van der Waals surface area contributed by atoms with Crippen molar-refractivity contribution < 1.29 is 0 Å². The van der Waals surface area contributed by atoms with Crippen molar-refractivity contribution in [1.29, 1.82) is 0 Å². The fraction of sp³-hybridized carbons (Fsp3) is 0.143. The number of aromatic nitrogens is 2. The Morgan fingerprint density at radius 3 is 2.84 bits per heavy atom. The largest absolute Gasteiger partial charge is 0.369 e. The number of nitrogens with one attached hydrogen (secondary N) is 1. The summed E-state index contributed by atoms with van der Waals surface area (Å²) in [7, 11) is 0. The van der Waals surface area contributed by atoms with E-state index in [0.717, 1.165) is 16.0 Å². The molecule has 3 aromatic rings. The van der Waals surface area contributed by atoms with Gasteiger partial charge in [0, 0.05) is 4.88 Å². The van der Waals surface area contributed by atoms with Gasteiger partial charge in [-0.05, 0) is 25.0 Å². The van der Waals surface area contributed by atoms with E-state index in [2.05, 4.69) is 29.0 Å². The molecule has 0 saturated heterocycles. The smallest absolute Gasteiger partial charge is 0.261 e. The van der Waals surface area contributed by atoms with Gasteiger partial charge in [-0.2, -0.15) is 0 Å². The van der Waals surface area contributed by atoms with Crippen LogP contribution in [-0.2, 0) is 0 Å². The topological polar surface area (TPSA) is 71.8 Å². The van der Waals surface area contributed by atoms with Crippen LogP contribution in [0.3, 0.4) is 0 Å². The fourth-order valence-corrected chi connectivity index (χ4v) is 3.41. The lowest BCUT2D eigenvalue weighted by Crippen LogP contribution is -2.10. The second kappa shape index (κ2) is 4.20. The summed E-state index contributed by atoms with van der Waals surface area (Å²) in [6, 6.07) is 8.22. The number of thiophene rings is 1.